The fourth-order valence-electron chi connectivity index (χ4n) is 3.99. The Hall–Kier alpha value is -0.600. The Kier molecular flexibility index (Phi) is 8.99. The largest absolute Gasteiger partial charge is 0.394 e. The number of rotatable bonds is 6. The summed E-state index contributed by atoms with van der Waals surface area (Å²) < 4.78 is 26.9. The van der Waals surface area contributed by atoms with E-state index >= 15 is 0 Å². The fraction of sp³-hybridized carbons (Fsp3) is 1.00. The Bertz CT molecular complexity index is 624. The Morgan fingerprint density at radius 2 is 1.06 bits per heavy atom. The van der Waals surface area contributed by atoms with Crippen LogP contribution in [0.5, 0.6) is 0 Å². The van der Waals surface area contributed by atoms with Gasteiger partial charge in [-0.05, 0) is 6.92 Å². The van der Waals surface area contributed by atoms with Gasteiger partial charge in [-0.15, -0.1) is 0 Å². The number of hydrogen-bond acceptors (Lipinski definition) is 15. The average Bonchev–Trinajstić information content (AvgIpc) is 2.80. The van der Waals surface area contributed by atoms with Crippen molar-refractivity contribution in [2.75, 3.05) is 13.2 Å². The van der Waals surface area contributed by atoms with Crippen LogP contribution in [-0.2, 0) is 23.7 Å². The van der Waals surface area contributed by atoms with Crippen molar-refractivity contribution in [2.24, 2.45) is 0 Å². The van der Waals surface area contributed by atoms with Gasteiger partial charge in [0.1, 0.15) is 67.1 Å². The van der Waals surface area contributed by atoms with Gasteiger partial charge < -0.3 is 74.7 Å². The van der Waals surface area contributed by atoms with Crippen LogP contribution in [0, 0.1) is 0 Å². The second-order valence-corrected chi connectivity index (χ2v) is 8.32. The highest BCUT2D eigenvalue weighted by Crippen LogP contribution is 2.32. The molecule has 0 spiro atoms. The molecule has 10 N–H and O–H groups in total. The van der Waals surface area contributed by atoms with Crippen LogP contribution in [-0.4, -0.2) is 156 Å². The summed E-state index contributed by atoms with van der Waals surface area (Å²) >= 11 is 0. The molecule has 0 aliphatic carbocycles. The standard InChI is InChI=1S/C18H32O15/c1-4-7(21)9(23)11(25)17(29-4)33-15-13(27)16(28)30-6(3-20)14(15)32-18-12(26)10(24)8(22)5(2-19)31-18/h4-28H,2-3H2,1H3/t4?,5-,6?,7+,8-,9?,10?,11-,12?,13-,14+,15?,16?,17-,18-/m0/s1. The zero-order valence-corrected chi connectivity index (χ0v) is 17.6. The van der Waals surface area contributed by atoms with Crippen molar-refractivity contribution in [2.45, 2.75) is 99.0 Å². The Balaban J connectivity index is 1.83. The molecule has 0 saturated carbocycles. The molecule has 3 saturated heterocycles. The lowest BCUT2D eigenvalue weighted by Crippen LogP contribution is -2.66. The van der Waals surface area contributed by atoms with Crippen LogP contribution in [0.4, 0.5) is 0 Å². The molecule has 3 rings (SSSR count). The van der Waals surface area contributed by atoms with Crippen molar-refractivity contribution in [1.29, 1.82) is 0 Å². The van der Waals surface area contributed by atoms with Crippen LogP contribution in [0.2, 0.25) is 0 Å². The summed E-state index contributed by atoms with van der Waals surface area (Å²) in [7, 11) is 0. The van der Waals surface area contributed by atoms with E-state index in [0.29, 0.717) is 0 Å². The van der Waals surface area contributed by atoms with Crippen LogP contribution < -0.4 is 0 Å². The maximum absolute atomic E-state index is 10.5. The summed E-state index contributed by atoms with van der Waals surface area (Å²) in [5, 5.41) is 99.8. The maximum Gasteiger partial charge on any atom is 0.187 e. The highest BCUT2D eigenvalue weighted by atomic mass is 16.8. The smallest absolute Gasteiger partial charge is 0.187 e. The molecule has 15 heteroatoms. The first-order valence-electron chi connectivity index (χ1n) is 10.4. The van der Waals surface area contributed by atoms with Crippen LogP contribution >= 0.6 is 0 Å². The van der Waals surface area contributed by atoms with Gasteiger partial charge in [-0.25, -0.2) is 0 Å². The van der Waals surface area contributed by atoms with Crippen molar-refractivity contribution >= 4 is 0 Å². The van der Waals surface area contributed by atoms with E-state index in [1.165, 1.54) is 6.92 Å². The summed E-state index contributed by atoms with van der Waals surface area (Å²) in [5.74, 6) is 0. The summed E-state index contributed by atoms with van der Waals surface area (Å²) in [6, 6.07) is 0. The lowest BCUT2D eigenvalue weighted by molar-refractivity contribution is -0.382. The Labute approximate surface area is 187 Å². The van der Waals surface area contributed by atoms with Crippen LogP contribution in [0.15, 0.2) is 0 Å². The second kappa shape index (κ2) is 11.0. The van der Waals surface area contributed by atoms with Crippen LogP contribution in [0.3, 0.4) is 0 Å². The van der Waals surface area contributed by atoms with Gasteiger partial charge in [0.25, 0.3) is 0 Å². The Morgan fingerprint density at radius 3 is 1.64 bits per heavy atom. The topological polar surface area (TPSA) is 248 Å². The molecule has 3 fully saturated rings. The van der Waals surface area contributed by atoms with Gasteiger partial charge >= 0.3 is 0 Å². The number of ether oxygens (including phenoxy) is 5. The van der Waals surface area contributed by atoms with E-state index in [0.717, 1.165) is 0 Å². The van der Waals surface area contributed by atoms with Crippen LogP contribution in [0.1, 0.15) is 6.92 Å². The molecule has 3 aliphatic heterocycles. The lowest BCUT2D eigenvalue weighted by atomic mass is 9.96. The van der Waals surface area contributed by atoms with E-state index in [-0.39, 0.29) is 0 Å². The second-order valence-electron chi connectivity index (χ2n) is 8.32. The minimum Gasteiger partial charge on any atom is -0.394 e. The van der Waals surface area contributed by atoms with Gasteiger partial charge in [-0.2, -0.15) is 0 Å². The van der Waals surface area contributed by atoms with Crippen molar-refractivity contribution < 1.29 is 74.7 Å². The van der Waals surface area contributed by atoms with E-state index < -0.39 is 105 Å². The summed E-state index contributed by atoms with van der Waals surface area (Å²) in [6.45, 7) is -0.127. The molecule has 0 radical (unpaired) electrons. The normalized spacial score (nSPS) is 53.7. The van der Waals surface area contributed by atoms with Gasteiger partial charge in [0, 0.05) is 0 Å². The molecule has 0 bridgehead atoms. The number of aliphatic hydroxyl groups is 10. The molecular weight excluding hydrogens is 456 g/mol. The molecule has 3 aliphatic rings. The third-order valence-corrected chi connectivity index (χ3v) is 6.05. The molecule has 15 atom stereocenters. The van der Waals surface area contributed by atoms with E-state index in [1.54, 1.807) is 0 Å². The molecule has 0 amide bonds. The van der Waals surface area contributed by atoms with Gasteiger partial charge in [0.05, 0.1) is 19.3 Å². The third kappa shape index (κ3) is 5.32. The van der Waals surface area contributed by atoms with Crippen molar-refractivity contribution in [3.8, 4) is 0 Å². The van der Waals surface area contributed by atoms with Gasteiger partial charge in [0.2, 0.25) is 0 Å². The molecule has 7 unspecified atom stereocenters. The summed E-state index contributed by atoms with van der Waals surface area (Å²) in [4.78, 5) is 0. The average molecular weight is 488 g/mol. The Morgan fingerprint density at radius 1 is 0.545 bits per heavy atom. The van der Waals surface area contributed by atoms with E-state index in [1.807, 2.05) is 0 Å². The van der Waals surface area contributed by atoms with Crippen molar-refractivity contribution in [3.05, 3.63) is 0 Å². The highest BCUT2D eigenvalue weighted by Gasteiger charge is 2.53. The van der Waals surface area contributed by atoms with Crippen LogP contribution in [0.25, 0.3) is 0 Å². The fourth-order valence-corrected chi connectivity index (χ4v) is 3.99. The monoisotopic (exact) mass is 488 g/mol. The maximum atomic E-state index is 10.5. The van der Waals surface area contributed by atoms with E-state index in [4.69, 9.17) is 23.7 Å². The van der Waals surface area contributed by atoms with Crippen molar-refractivity contribution in [3.63, 3.8) is 0 Å². The molecule has 33 heavy (non-hydrogen) atoms. The number of hydrogen-bond donors (Lipinski definition) is 10. The first-order chi connectivity index (χ1) is 15.5. The molecule has 3 heterocycles. The summed E-state index contributed by atoms with van der Waals surface area (Å²) in [5.41, 5.74) is 0. The van der Waals surface area contributed by atoms with Gasteiger partial charge in [-0.3, -0.25) is 0 Å². The molecule has 15 nitrogen and oxygen atoms in total. The van der Waals surface area contributed by atoms with Gasteiger partial charge in [-0.1, -0.05) is 0 Å². The third-order valence-electron chi connectivity index (χ3n) is 6.05. The minimum absolute atomic E-state index is 0.739. The SMILES string of the molecule is CC1O[C@@H](OC2[C@H](O)C(O)OC(CO)[C@H]2O[C@@H]2O[C@@H](CO)[C@H](O)C(O)C2O)[C@@H](O)C(O)[C@@H]1O. The highest BCUT2D eigenvalue weighted by molar-refractivity contribution is 4.96. The van der Waals surface area contributed by atoms with Crippen molar-refractivity contribution in [1.82, 2.24) is 0 Å². The lowest BCUT2D eigenvalue weighted by Gasteiger charge is -2.48. The summed E-state index contributed by atoms with van der Waals surface area (Å²) in [6.07, 6.45) is -24.0. The number of aliphatic hydroxyl groups excluding tert-OH is 10. The quantitative estimate of drug-likeness (QED) is 0.167. The zero-order valence-electron chi connectivity index (χ0n) is 17.6. The van der Waals surface area contributed by atoms with Gasteiger partial charge in [0.15, 0.2) is 18.9 Å². The first-order valence-corrected chi connectivity index (χ1v) is 10.4. The predicted octanol–water partition coefficient (Wildman–Crippen LogP) is -6.55. The zero-order chi connectivity index (χ0) is 24.6. The van der Waals surface area contributed by atoms with E-state index in [9.17, 15) is 51.1 Å². The molecule has 194 valence electrons. The first kappa shape index (κ1) is 27.0. The molecular formula is C18H32O15. The molecule has 0 aromatic heterocycles. The molecule has 0 aromatic rings. The minimum atomic E-state index is -1.88. The predicted molar refractivity (Wildman–Crippen MR) is 99.8 cm³/mol. The van der Waals surface area contributed by atoms with E-state index in [2.05, 4.69) is 0 Å². The molecule has 0 aromatic carbocycles.